The lowest BCUT2D eigenvalue weighted by Gasteiger charge is -2.04. The lowest BCUT2D eigenvalue weighted by molar-refractivity contribution is -0.115. The van der Waals surface area contributed by atoms with Gasteiger partial charge in [-0.15, -0.1) is 11.6 Å². The van der Waals surface area contributed by atoms with Gasteiger partial charge in [-0.25, -0.2) is 4.98 Å². The fourth-order valence-electron chi connectivity index (χ4n) is 0.899. The number of rotatable bonds is 3. The molecule has 0 saturated heterocycles. The van der Waals surface area contributed by atoms with Gasteiger partial charge in [-0.1, -0.05) is 0 Å². The highest BCUT2D eigenvalue weighted by Crippen LogP contribution is 2.17. The number of aromatic nitrogens is 1. The van der Waals surface area contributed by atoms with Gasteiger partial charge < -0.3 is 5.32 Å². The van der Waals surface area contributed by atoms with Crippen LogP contribution in [-0.4, -0.2) is 16.8 Å². The van der Waals surface area contributed by atoms with E-state index in [2.05, 4.69) is 26.2 Å². The molecule has 0 unspecified atom stereocenters. The fraction of sp³-hybridized carbons (Fsp3) is 0.333. The number of hydrogen-bond acceptors (Lipinski definition) is 2. The van der Waals surface area contributed by atoms with Gasteiger partial charge in [0, 0.05) is 23.0 Å². The molecule has 1 amide bonds. The number of amides is 1. The molecule has 5 heteroatoms. The lowest BCUT2D eigenvalue weighted by atomic mass is 10.3. The predicted molar refractivity (Wildman–Crippen MR) is 60.6 cm³/mol. The van der Waals surface area contributed by atoms with E-state index in [-0.39, 0.29) is 5.91 Å². The first-order valence-corrected chi connectivity index (χ1v) is 5.44. The molecule has 0 fully saturated rings. The van der Waals surface area contributed by atoms with Gasteiger partial charge in [-0.2, -0.15) is 0 Å². The Morgan fingerprint density at radius 3 is 3.00 bits per heavy atom. The fourth-order valence-corrected chi connectivity index (χ4v) is 1.29. The molecule has 14 heavy (non-hydrogen) atoms. The quantitative estimate of drug-likeness (QED) is 0.863. The van der Waals surface area contributed by atoms with Crippen LogP contribution >= 0.6 is 27.5 Å². The second-order valence-corrected chi connectivity index (χ2v) is 4.04. The molecular weight excluding hydrogens is 267 g/mol. The van der Waals surface area contributed by atoms with Crippen LogP contribution in [0.4, 0.5) is 5.82 Å². The van der Waals surface area contributed by atoms with Gasteiger partial charge in [0.05, 0.1) is 0 Å². The van der Waals surface area contributed by atoms with Crippen molar-refractivity contribution in [2.75, 3.05) is 11.2 Å². The molecule has 1 N–H and O–H groups in total. The molecule has 0 aromatic carbocycles. The average Bonchev–Trinajstić information content (AvgIpc) is 2.12. The SMILES string of the molecule is Cc1cc(NC(=O)CCCl)ncc1Br. The molecule has 1 aromatic heterocycles. The molecule has 0 aliphatic carbocycles. The molecule has 0 bridgehead atoms. The molecule has 0 spiro atoms. The Balaban J connectivity index is 2.68. The summed E-state index contributed by atoms with van der Waals surface area (Å²) in [6, 6.07) is 1.80. The molecular formula is C9H10BrClN2O. The first-order valence-electron chi connectivity index (χ1n) is 4.11. The van der Waals surface area contributed by atoms with Gasteiger partial charge in [-0.05, 0) is 34.5 Å². The van der Waals surface area contributed by atoms with Crippen LogP contribution in [0, 0.1) is 6.92 Å². The maximum Gasteiger partial charge on any atom is 0.226 e. The standard InChI is InChI=1S/C9H10BrClN2O/c1-6-4-8(12-5-7(6)10)13-9(14)2-3-11/h4-5H,2-3H2,1H3,(H,12,13,14). The predicted octanol–water partition coefficient (Wildman–Crippen LogP) is 2.72. The van der Waals surface area contributed by atoms with Crippen molar-refractivity contribution in [1.29, 1.82) is 0 Å². The highest BCUT2D eigenvalue weighted by Gasteiger charge is 2.03. The Morgan fingerprint density at radius 1 is 1.71 bits per heavy atom. The monoisotopic (exact) mass is 276 g/mol. The Bertz CT molecular complexity index is 344. The second-order valence-electron chi connectivity index (χ2n) is 2.81. The number of alkyl halides is 1. The van der Waals surface area contributed by atoms with Crippen molar-refractivity contribution in [2.45, 2.75) is 13.3 Å². The molecule has 1 heterocycles. The van der Waals surface area contributed by atoms with E-state index in [1.807, 2.05) is 6.92 Å². The van der Waals surface area contributed by atoms with Crippen LogP contribution in [0.3, 0.4) is 0 Å². The number of carbonyl (C=O) groups is 1. The van der Waals surface area contributed by atoms with E-state index >= 15 is 0 Å². The zero-order chi connectivity index (χ0) is 10.6. The van der Waals surface area contributed by atoms with E-state index in [9.17, 15) is 4.79 Å². The number of carbonyl (C=O) groups excluding carboxylic acids is 1. The summed E-state index contributed by atoms with van der Waals surface area (Å²) in [5.74, 6) is 0.761. The number of hydrogen-bond donors (Lipinski definition) is 1. The number of nitrogens with zero attached hydrogens (tertiary/aromatic N) is 1. The van der Waals surface area contributed by atoms with Crippen LogP contribution in [0.25, 0.3) is 0 Å². The number of anilines is 1. The van der Waals surface area contributed by atoms with Crippen LogP contribution in [0.5, 0.6) is 0 Å². The van der Waals surface area contributed by atoms with E-state index in [0.717, 1.165) is 10.0 Å². The van der Waals surface area contributed by atoms with Crippen molar-refractivity contribution in [2.24, 2.45) is 0 Å². The van der Waals surface area contributed by atoms with Crippen molar-refractivity contribution < 1.29 is 4.79 Å². The van der Waals surface area contributed by atoms with E-state index < -0.39 is 0 Å². The lowest BCUT2D eigenvalue weighted by Crippen LogP contribution is -2.12. The summed E-state index contributed by atoms with van der Waals surface area (Å²) in [4.78, 5) is 15.2. The second kappa shape index (κ2) is 5.32. The van der Waals surface area contributed by atoms with E-state index in [1.54, 1.807) is 12.3 Å². The zero-order valence-corrected chi connectivity index (χ0v) is 10.0. The molecule has 1 rings (SSSR count). The summed E-state index contributed by atoms with van der Waals surface area (Å²) >= 11 is 8.76. The molecule has 1 aromatic rings. The van der Waals surface area contributed by atoms with Gasteiger partial charge >= 0.3 is 0 Å². The topological polar surface area (TPSA) is 42.0 Å². The molecule has 0 atom stereocenters. The largest absolute Gasteiger partial charge is 0.311 e. The first-order chi connectivity index (χ1) is 6.63. The minimum absolute atomic E-state index is 0.116. The Kier molecular flexibility index (Phi) is 4.35. The molecule has 0 radical (unpaired) electrons. The third kappa shape index (κ3) is 3.27. The minimum atomic E-state index is -0.116. The smallest absolute Gasteiger partial charge is 0.226 e. The van der Waals surface area contributed by atoms with Gasteiger partial charge in [0.1, 0.15) is 5.82 Å². The van der Waals surface area contributed by atoms with Gasteiger partial charge in [0.15, 0.2) is 0 Å². The third-order valence-corrected chi connectivity index (χ3v) is 2.66. The normalized spacial score (nSPS) is 9.93. The summed E-state index contributed by atoms with van der Waals surface area (Å²) in [7, 11) is 0. The van der Waals surface area contributed by atoms with Crippen molar-refractivity contribution in [3.05, 3.63) is 22.3 Å². The molecule has 0 aliphatic heterocycles. The minimum Gasteiger partial charge on any atom is -0.311 e. The number of nitrogens with one attached hydrogen (secondary N) is 1. The average molecular weight is 278 g/mol. The summed E-state index contributed by atoms with van der Waals surface area (Å²) < 4.78 is 0.924. The van der Waals surface area contributed by atoms with Crippen LogP contribution < -0.4 is 5.32 Å². The van der Waals surface area contributed by atoms with E-state index in [4.69, 9.17) is 11.6 Å². The summed E-state index contributed by atoms with van der Waals surface area (Å²) in [5.41, 5.74) is 1.03. The Morgan fingerprint density at radius 2 is 2.43 bits per heavy atom. The Hall–Kier alpha value is -0.610. The molecule has 0 saturated carbocycles. The van der Waals surface area contributed by atoms with Gasteiger partial charge in [-0.3, -0.25) is 4.79 Å². The summed E-state index contributed by atoms with van der Waals surface area (Å²) in [5, 5.41) is 2.66. The maximum absolute atomic E-state index is 11.2. The van der Waals surface area contributed by atoms with Crippen LogP contribution in [0.2, 0.25) is 0 Å². The van der Waals surface area contributed by atoms with Crippen molar-refractivity contribution >= 4 is 39.3 Å². The van der Waals surface area contributed by atoms with E-state index in [1.165, 1.54) is 0 Å². The van der Waals surface area contributed by atoms with E-state index in [0.29, 0.717) is 18.1 Å². The van der Waals surface area contributed by atoms with Crippen molar-refractivity contribution in [3.63, 3.8) is 0 Å². The summed E-state index contributed by atoms with van der Waals surface area (Å²) in [6.07, 6.45) is 1.96. The van der Waals surface area contributed by atoms with Gasteiger partial charge in [0.25, 0.3) is 0 Å². The van der Waals surface area contributed by atoms with Crippen molar-refractivity contribution in [3.8, 4) is 0 Å². The first kappa shape index (κ1) is 11.5. The Labute approximate surface area is 96.0 Å². The maximum atomic E-state index is 11.2. The zero-order valence-electron chi connectivity index (χ0n) is 7.68. The van der Waals surface area contributed by atoms with Crippen LogP contribution in [0.1, 0.15) is 12.0 Å². The van der Waals surface area contributed by atoms with Crippen LogP contribution in [-0.2, 0) is 4.79 Å². The van der Waals surface area contributed by atoms with Crippen LogP contribution in [0.15, 0.2) is 16.7 Å². The molecule has 3 nitrogen and oxygen atoms in total. The highest BCUT2D eigenvalue weighted by atomic mass is 79.9. The highest BCUT2D eigenvalue weighted by molar-refractivity contribution is 9.10. The number of pyridine rings is 1. The van der Waals surface area contributed by atoms with Crippen molar-refractivity contribution in [1.82, 2.24) is 4.98 Å². The number of halogens is 2. The molecule has 76 valence electrons. The number of aryl methyl sites for hydroxylation is 1. The van der Waals surface area contributed by atoms with Gasteiger partial charge in [0.2, 0.25) is 5.91 Å². The third-order valence-electron chi connectivity index (χ3n) is 1.64. The molecule has 0 aliphatic rings. The summed E-state index contributed by atoms with van der Waals surface area (Å²) in [6.45, 7) is 1.93.